The van der Waals surface area contributed by atoms with E-state index in [0.29, 0.717) is 6.54 Å². The summed E-state index contributed by atoms with van der Waals surface area (Å²) in [6, 6.07) is 17.6. The second-order valence-corrected chi connectivity index (χ2v) is 8.08. The Labute approximate surface area is 182 Å². The van der Waals surface area contributed by atoms with Crippen LogP contribution in [0.4, 0.5) is 5.69 Å². The first-order valence-electron chi connectivity index (χ1n) is 10.9. The first-order valence-corrected chi connectivity index (χ1v) is 10.9. The zero-order chi connectivity index (χ0) is 21.8. The van der Waals surface area contributed by atoms with E-state index in [-0.39, 0.29) is 17.5 Å². The molecule has 0 aliphatic carbocycles. The maximum Gasteiger partial charge on any atom is 0.350 e. The molecule has 31 heavy (non-hydrogen) atoms. The molecule has 2 aromatic carbocycles. The van der Waals surface area contributed by atoms with Crippen LogP contribution in [-0.4, -0.2) is 44.8 Å². The van der Waals surface area contributed by atoms with Gasteiger partial charge >= 0.3 is 5.69 Å². The number of amides is 1. The standard InChI is InChI=1S/C24H29N5O2/c1-3-18-9-11-20(12-10-18)25-22(30)17-28-15-13-19(14-16-28)23-26-27(2)24(31)29(23)21-7-5-4-6-8-21/h4-12,19H,3,13-17H2,1-2H3,(H,25,30). The van der Waals surface area contributed by atoms with Gasteiger partial charge in [0.25, 0.3) is 0 Å². The molecule has 1 amide bonds. The number of aryl methyl sites for hydroxylation is 2. The molecule has 1 fully saturated rings. The summed E-state index contributed by atoms with van der Waals surface area (Å²) in [7, 11) is 1.69. The average Bonchev–Trinajstić information content (AvgIpc) is 3.09. The fourth-order valence-electron chi connectivity index (χ4n) is 4.14. The van der Waals surface area contributed by atoms with Crippen LogP contribution in [0.25, 0.3) is 5.69 Å². The quantitative estimate of drug-likeness (QED) is 0.667. The lowest BCUT2D eigenvalue weighted by molar-refractivity contribution is -0.117. The molecule has 1 aliphatic rings. The van der Waals surface area contributed by atoms with Crippen LogP contribution in [0.2, 0.25) is 0 Å². The van der Waals surface area contributed by atoms with Crippen LogP contribution >= 0.6 is 0 Å². The van der Waals surface area contributed by atoms with Crippen LogP contribution in [-0.2, 0) is 18.3 Å². The van der Waals surface area contributed by atoms with E-state index in [1.807, 2.05) is 54.6 Å². The molecule has 1 aromatic heterocycles. The van der Waals surface area contributed by atoms with Crippen molar-refractivity contribution in [3.05, 3.63) is 76.5 Å². The number of hydrogen-bond acceptors (Lipinski definition) is 4. The van der Waals surface area contributed by atoms with Crippen molar-refractivity contribution < 1.29 is 4.79 Å². The molecule has 0 bridgehead atoms. The summed E-state index contributed by atoms with van der Waals surface area (Å²) in [5.41, 5.74) is 2.80. The lowest BCUT2D eigenvalue weighted by Crippen LogP contribution is -2.39. The Morgan fingerprint density at radius 2 is 1.74 bits per heavy atom. The second kappa shape index (κ2) is 9.31. The largest absolute Gasteiger partial charge is 0.350 e. The van der Waals surface area contributed by atoms with Gasteiger partial charge in [0.05, 0.1) is 12.2 Å². The number of piperidine rings is 1. The summed E-state index contributed by atoms with van der Waals surface area (Å²) in [6.45, 7) is 4.08. The Hall–Kier alpha value is -3.19. The number of nitrogens with zero attached hydrogens (tertiary/aromatic N) is 4. The van der Waals surface area contributed by atoms with Crippen molar-refractivity contribution >= 4 is 11.6 Å². The molecule has 0 unspecified atom stereocenters. The number of carbonyl (C=O) groups is 1. The van der Waals surface area contributed by atoms with Crippen molar-refractivity contribution in [3.8, 4) is 5.69 Å². The number of nitrogens with one attached hydrogen (secondary N) is 1. The molecule has 0 atom stereocenters. The summed E-state index contributed by atoms with van der Waals surface area (Å²) in [5.74, 6) is 0.996. The van der Waals surface area contributed by atoms with Crippen molar-refractivity contribution in [2.75, 3.05) is 25.0 Å². The highest BCUT2D eigenvalue weighted by atomic mass is 16.2. The van der Waals surface area contributed by atoms with E-state index in [4.69, 9.17) is 0 Å². The van der Waals surface area contributed by atoms with E-state index in [1.54, 1.807) is 11.6 Å². The van der Waals surface area contributed by atoms with Gasteiger partial charge in [0, 0.05) is 18.7 Å². The number of anilines is 1. The summed E-state index contributed by atoms with van der Waals surface area (Å²) in [5, 5.41) is 7.52. The summed E-state index contributed by atoms with van der Waals surface area (Å²) < 4.78 is 3.12. The van der Waals surface area contributed by atoms with Gasteiger partial charge in [0.15, 0.2) is 0 Å². The molecule has 0 saturated carbocycles. The molecule has 1 N–H and O–H groups in total. The van der Waals surface area contributed by atoms with E-state index >= 15 is 0 Å². The zero-order valence-corrected chi connectivity index (χ0v) is 18.1. The van der Waals surface area contributed by atoms with Gasteiger partial charge < -0.3 is 5.32 Å². The van der Waals surface area contributed by atoms with E-state index in [0.717, 1.165) is 49.6 Å². The molecule has 1 aliphatic heterocycles. The Bertz CT molecular complexity index is 1080. The maximum absolute atomic E-state index is 12.7. The molecular weight excluding hydrogens is 390 g/mol. The van der Waals surface area contributed by atoms with E-state index in [9.17, 15) is 9.59 Å². The van der Waals surface area contributed by atoms with E-state index in [1.165, 1.54) is 10.2 Å². The number of carbonyl (C=O) groups excluding carboxylic acids is 1. The SMILES string of the molecule is CCc1ccc(NC(=O)CN2CCC(c3nn(C)c(=O)n3-c3ccccc3)CC2)cc1. The smallest absolute Gasteiger partial charge is 0.325 e. The third-order valence-corrected chi connectivity index (χ3v) is 5.93. The Morgan fingerprint density at radius 1 is 1.06 bits per heavy atom. The first kappa shape index (κ1) is 21.1. The molecule has 0 radical (unpaired) electrons. The van der Waals surface area contributed by atoms with Crippen molar-refractivity contribution in [1.29, 1.82) is 0 Å². The lowest BCUT2D eigenvalue weighted by Gasteiger charge is -2.31. The molecule has 3 aromatic rings. The number of likely N-dealkylation sites (tertiary alicyclic amines) is 1. The number of rotatable bonds is 6. The highest BCUT2D eigenvalue weighted by molar-refractivity contribution is 5.92. The van der Waals surface area contributed by atoms with E-state index in [2.05, 4.69) is 22.2 Å². The molecule has 0 spiro atoms. The Morgan fingerprint density at radius 3 is 2.39 bits per heavy atom. The molecule has 162 valence electrons. The number of hydrogen-bond donors (Lipinski definition) is 1. The monoisotopic (exact) mass is 419 g/mol. The van der Waals surface area contributed by atoms with Crippen molar-refractivity contribution in [2.45, 2.75) is 32.1 Å². The van der Waals surface area contributed by atoms with Gasteiger partial charge in [-0.05, 0) is 62.2 Å². The predicted octanol–water partition coefficient (Wildman–Crippen LogP) is 2.95. The molecular formula is C24H29N5O2. The van der Waals surface area contributed by atoms with Gasteiger partial charge in [-0.25, -0.2) is 14.0 Å². The minimum Gasteiger partial charge on any atom is -0.325 e. The summed E-state index contributed by atoms with van der Waals surface area (Å²) in [4.78, 5) is 27.3. The molecule has 4 rings (SSSR count). The Kier molecular flexibility index (Phi) is 6.32. The van der Waals surface area contributed by atoms with Gasteiger partial charge in [-0.1, -0.05) is 37.3 Å². The number of aromatic nitrogens is 3. The van der Waals surface area contributed by atoms with E-state index < -0.39 is 0 Å². The summed E-state index contributed by atoms with van der Waals surface area (Å²) >= 11 is 0. The summed E-state index contributed by atoms with van der Waals surface area (Å²) in [6.07, 6.45) is 2.71. The van der Waals surface area contributed by atoms with Crippen molar-refractivity contribution in [2.24, 2.45) is 7.05 Å². The van der Waals surface area contributed by atoms with Crippen LogP contribution < -0.4 is 11.0 Å². The van der Waals surface area contributed by atoms with Gasteiger partial charge in [-0.15, -0.1) is 0 Å². The van der Waals surface area contributed by atoms with Gasteiger partial charge in [0.1, 0.15) is 5.82 Å². The minimum absolute atomic E-state index is 0.00160. The van der Waals surface area contributed by atoms with Gasteiger partial charge in [-0.3, -0.25) is 9.69 Å². The normalized spacial score (nSPS) is 15.2. The average molecular weight is 420 g/mol. The third kappa shape index (κ3) is 4.77. The number of para-hydroxylation sites is 1. The first-order chi connectivity index (χ1) is 15.0. The highest BCUT2D eigenvalue weighted by Crippen LogP contribution is 2.27. The minimum atomic E-state index is -0.128. The lowest BCUT2D eigenvalue weighted by atomic mass is 9.95. The Balaban J connectivity index is 1.37. The van der Waals surface area contributed by atoms with Gasteiger partial charge in [0.2, 0.25) is 5.91 Å². The van der Waals surface area contributed by atoms with Crippen molar-refractivity contribution in [1.82, 2.24) is 19.2 Å². The molecule has 1 saturated heterocycles. The predicted molar refractivity (Wildman–Crippen MR) is 122 cm³/mol. The topological polar surface area (TPSA) is 72.2 Å². The molecule has 2 heterocycles. The maximum atomic E-state index is 12.7. The molecule has 7 nitrogen and oxygen atoms in total. The highest BCUT2D eigenvalue weighted by Gasteiger charge is 2.27. The fourth-order valence-corrected chi connectivity index (χ4v) is 4.14. The second-order valence-electron chi connectivity index (χ2n) is 8.08. The van der Waals surface area contributed by atoms with Crippen LogP contribution in [0, 0.1) is 0 Å². The van der Waals surface area contributed by atoms with Gasteiger partial charge in [-0.2, -0.15) is 5.10 Å². The van der Waals surface area contributed by atoms with Crippen molar-refractivity contribution in [3.63, 3.8) is 0 Å². The van der Waals surface area contributed by atoms with Crippen LogP contribution in [0.1, 0.15) is 37.1 Å². The fraction of sp³-hybridized carbons (Fsp3) is 0.375. The van der Waals surface area contributed by atoms with Crippen LogP contribution in [0.5, 0.6) is 0 Å². The third-order valence-electron chi connectivity index (χ3n) is 5.93. The van der Waals surface area contributed by atoms with Crippen LogP contribution in [0.15, 0.2) is 59.4 Å². The zero-order valence-electron chi connectivity index (χ0n) is 18.1. The van der Waals surface area contributed by atoms with Crippen LogP contribution in [0.3, 0.4) is 0 Å². The molecule has 7 heteroatoms. The number of benzene rings is 2.